The third kappa shape index (κ3) is 2.64. The lowest BCUT2D eigenvalue weighted by molar-refractivity contribution is -0.144. The first-order valence-corrected chi connectivity index (χ1v) is 6.82. The van der Waals surface area contributed by atoms with Crippen molar-refractivity contribution in [1.29, 1.82) is 0 Å². The number of hydrogen-bond donors (Lipinski definition) is 2. The summed E-state index contributed by atoms with van der Waals surface area (Å²) in [5, 5.41) is 13.2. The first kappa shape index (κ1) is 13.3. The fraction of sp³-hybridized carbons (Fsp3) is 0.583. The number of likely N-dealkylation sites (N-methyl/N-ethyl adjacent to an activating group) is 1. The summed E-state index contributed by atoms with van der Waals surface area (Å²) >= 11 is 1.57. The van der Waals surface area contributed by atoms with Gasteiger partial charge < -0.3 is 10.4 Å². The summed E-state index contributed by atoms with van der Waals surface area (Å²) in [6.45, 7) is 1.93. The summed E-state index contributed by atoms with van der Waals surface area (Å²) in [6.07, 6.45) is 3.88. The van der Waals surface area contributed by atoms with Gasteiger partial charge in [-0.15, -0.1) is 0 Å². The van der Waals surface area contributed by atoms with E-state index >= 15 is 0 Å². The lowest BCUT2D eigenvalue weighted by atomic mass is 9.99. The Hall–Kier alpha value is -1.14. The van der Waals surface area contributed by atoms with E-state index in [1.807, 2.05) is 13.0 Å². The van der Waals surface area contributed by atoms with Gasteiger partial charge in [0, 0.05) is 17.1 Å². The highest BCUT2D eigenvalue weighted by molar-refractivity contribution is 7.99. The van der Waals surface area contributed by atoms with E-state index < -0.39 is 11.5 Å². The van der Waals surface area contributed by atoms with Crippen LogP contribution in [0.5, 0.6) is 0 Å². The number of rotatable bonds is 4. The molecule has 2 atom stereocenters. The van der Waals surface area contributed by atoms with E-state index in [1.54, 1.807) is 25.0 Å². The van der Waals surface area contributed by atoms with Crippen molar-refractivity contribution in [3.8, 4) is 0 Å². The molecule has 6 heteroatoms. The molecule has 1 fully saturated rings. The van der Waals surface area contributed by atoms with Gasteiger partial charge in [-0.3, -0.25) is 4.79 Å². The lowest BCUT2D eigenvalue weighted by Gasteiger charge is -2.23. The first-order chi connectivity index (χ1) is 8.55. The topological polar surface area (TPSA) is 75.1 Å². The molecule has 1 saturated carbocycles. The maximum atomic E-state index is 11.3. The second kappa shape index (κ2) is 5.24. The van der Waals surface area contributed by atoms with Gasteiger partial charge in [0.25, 0.3) is 0 Å². The van der Waals surface area contributed by atoms with E-state index in [1.165, 1.54) is 0 Å². The van der Waals surface area contributed by atoms with Crippen molar-refractivity contribution in [2.75, 3.05) is 7.05 Å². The molecule has 0 spiro atoms. The number of thioether (sulfide) groups is 1. The molecule has 1 heterocycles. The van der Waals surface area contributed by atoms with Crippen LogP contribution in [0, 0.1) is 6.92 Å². The molecule has 0 amide bonds. The molecular formula is C12H17N3O2S. The Balaban J connectivity index is 2.03. The second-order valence-electron chi connectivity index (χ2n) is 4.60. The van der Waals surface area contributed by atoms with E-state index in [-0.39, 0.29) is 5.25 Å². The van der Waals surface area contributed by atoms with Crippen molar-refractivity contribution in [3.05, 3.63) is 18.0 Å². The third-order valence-electron chi connectivity index (χ3n) is 3.40. The van der Waals surface area contributed by atoms with Gasteiger partial charge in [-0.2, -0.15) is 0 Å². The normalized spacial score (nSPS) is 27.3. The summed E-state index contributed by atoms with van der Waals surface area (Å²) in [6, 6.07) is 1.86. The van der Waals surface area contributed by atoms with Crippen LogP contribution in [0.3, 0.4) is 0 Å². The number of carboxylic acid groups (broad SMARTS) is 1. The van der Waals surface area contributed by atoms with Gasteiger partial charge in [0.1, 0.15) is 5.54 Å². The monoisotopic (exact) mass is 267 g/mol. The molecular weight excluding hydrogens is 250 g/mol. The molecule has 98 valence electrons. The minimum Gasteiger partial charge on any atom is -0.480 e. The quantitative estimate of drug-likeness (QED) is 0.805. The maximum Gasteiger partial charge on any atom is 0.323 e. The van der Waals surface area contributed by atoms with Crippen LogP contribution in [0.1, 0.15) is 25.0 Å². The molecule has 2 N–H and O–H groups in total. The Bertz CT molecular complexity index is 455. The van der Waals surface area contributed by atoms with Crippen molar-refractivity contribution in [1.82, 2.24) is 15.3 Å². The number of aryl methyl sites for hydroxylation is 1. The number of hydrogen-bond acceptors (Lipinski definition) is 5. The third-order valence-corrected chi connectivity index (χ3v) is 4.55. The Morgan fingerprint density at radius 1 is 1.67 bits per heavy atom. The molecule has 0 radical (unpaired) electrons. The summed E-state index contributed by atoms with van der Waals surface area (Å²) < 4.78 is 0. The van der Waals surface area contributed by atoms with Gasteiger partial charge in [0.2, 0.25) is 0 Å². The molecule has 2 unspecified atom stereocenters. The van der Waals surface area contributed by atoms with Crippen LogP contribution in [0.25, 0.3) is 0 Å². The molecule has 0 aromatic carbocycles. The van der Waals surface area contributed by atoms with Gasteiger partial charge >= 0.3 is 5.97 Å². The molecule has 1 aromatic rings. The predicted molar refractivity (Wildman–Crippen MR) is 69.7 cm³/mol. The minimum absolute atomic E-state index is 0.260. The Labute approximate surface area is 110 Å². The number of aliphatic carboxylic acids is 1. The fourth-order valence-corrected chi connectivity index (χ4v) is 3.48. The van der Waals surface area contributed by atoms with E-state index in [0.29, 0.717) is 12.8 Å². The molecule has 1 aliphatic carbocycles. The average molecular weight is 267 g/mol. The molecule has 2 rings (SSSR count). The molecule has 1 aliphatic rings. The van der Waals surface area contributed by atoms with Gasteiger partial charge in [-0.1, -0.05) is 11.8 Å². The summed E-state index contributed by atoms with van der Waals surface area (Å²) in [5.74, 6) is -0.765. The number of nitrogens with zero attached hydrogens (tertiary/aromatic N) is 2. The Morgan fingerprint density at radius 3 is 3.00 bits per heavy atom. The van der Waals surface area contributed by atoms with E-state index in [2.05, 4.69) is 15.3 Å². The van der Waals surface area contributed by atoms with Crippen LogP contribution in [0.15, 0.2) is 17.4 Å². The van der Waals surface area contributed by atoms with Crippen molar-refractivity contribution in [2.24, 2.45) is 0 Å². The molecule has 1 aromatic heterocycles. The summed E-state index contributed by atoms with van der Waals surface area (Å²) in [7, 11) is 1.71. The summed E-state index contributed by atoms with van der Waals surface area (Å²) in [5.41, 5.74) is 0.158. The minimum atomic E-state index is -0.776. The van der Waals surface area contributed by atoms with Crippen molar-refractivity contribution >= 4 is 17.7 Å². The number of carboxylic acids is 1. The number of nitrogens with one attached hydrogen (secondary N) is 1. The van der Waals surface area contributed by atoms with Crippen LogP contribution in [0.2, 0.25) is 0 Å². The van der Waals surface area contributed by atoms with Crippen molar-refractivity contribution < 1.29 is 9.90 Å². The zero-order valence-electron chi connectivity index (χ0n) is 10.5. The van der Waals surface area contributed by atoms with Crippen LogP contribution >= 0.6 is 11.8 Å². The first-order valence-electron chi connectivity index (χ1n) is 5.94. The SMILES string of the molecule is CNC1(C(=O)O)CCC(Sc2nccc(C)n2)C1. The molecule has 18 heavy (non-hydrogen) atoms. The maximum absolute atomic E-state index is 11.3. The highest BCUT2D eigenvalue weighted by Gasteiger charge is 2.44. The average Bonchev–Trinajstić information content (AvgIpc) is 2.74. The van der Waals surface area contributed by atoms with E-state index in [4.69, 9.17) is 0 Å². The molecule has 0 bridgehead atoms. The molecule has 0 saturated heterocycles. The molecule has 5 nitrogen and oxygen atoms in total. The largest absolute Gasteiger partial charge is 0.480 e. The number of aromatic nitrogens is 2. The van der Waals surface area contributed by atoms with Gasteiger partial charge in [0.15, 0.2) is 5.16 Å². The van der Waals surface area contributed by atoms with Crippen LogP contribution < -0.4 is 5.32 Å². The summed E-state index contributed by atoms with van der Waals surface area (Å²) in [4.78, 5) is 19.8. The highest BCUT2D eigenvalue weighted by atomic mass is 32.2. The lowest BCUT2D eigenvalue weighted by Crippen LogP contribution is -2.48. The van der Waals surface area contributed by atoms with Crippen LogP contribution in [-0.2, 0) is 4.79 Å². The fourth-order valence-electron chi connectivity index (χ4n) is 2.26. The second-order valence-corrected chi connectivity index (χ2v) is 5.87. The zero-order chi connectivity index (χ0) is 13.2. The van der Waals surface area contributed by atoms with E-state index in [0.717, 1.165) is 17.3 Å². The smallest absolute Gasteiger partial charge is 0.323 e. The van der Waals surface area contributed by atoms with Gasteiger partial charge in [-0.25, -0.2) is 9.97 Å². The number of carbonyl (C=O) groups is 1. The van der Waals surface area contributed by atoms with Crippen molar-refractivity contribution in [2.45, 2.75) is 42.1 Å². The van der Waals surface area contributed by atoms with Crippen LogP contribution in [0.4, 0.5) is 0 Å². The van der Waals surface area contributed by atoms with Gasteiger partial charge in [0.05, 0.1) is 0 Å². The Kier molecular flexibility index (Phi) is 3.87. The Morgan fingerprint density at radius 2 is 2.44 bits per heavy atom. The zero-order valence-corrected chi connectivity index (χ0v) is 11.3. The van der Waals surface area contributed by atoms with Crippen molar-refractivity contribution in [3.63, 3.8) is 0 Å². The molecule has 0 aliphatic heterocycles. The predicted octanol–water partition coefficient (Wildman–Crippen LogP) is 1.47. The van der Waals surface area contributed by atoms with E-state index in [9.17, 15) is 9.90 Å². The van der Waals surface area contributed by atoms with Gasteiger partial charge in [-0.05, 0) is 39.3 Å². The van der Waals surface area contributed by atoms with Crippen LogP contribution in [-0.4, -0.2) is 38.9 Å². The highest BCUT2D eigenvalue weighted by Crippen LogP contribution is 2.39. The standard InChI is InChI=1S/C12H17N3O2S/c1-8-4-6-14-11(15-8)18-9-3-5-12(7-9,13-2)10(16)17/h4,6,9,13H,3,5,7H2,1-2H3,(H,16,17).